The van der Waals surface area contributed by atoms with E-state index in [-0.39, 0.29) is 4.75 Å². The van der Waals surface area contributed by atoms with Gasteiger partial charge in [-0.1, -0.05) is 24.3 Å². The highest BCUT2D eigenvalue weighted by Gasteiger charge is 2.25. The van der Waals surface area contributed by atoms with Gasteiger partial charge >= 0.3 is 0 Å². The van der Waals surface area contributed by atoms with Crippen LogP contribution < -0.4 is 0 Å². The van der Waals surface area contributed by atoms with Gasteiger partial charge in [-0.25, -0.2) is 0 Å². The Morgan fingerprint density at radius 2 is 1.65 bits per heavy atom. The molecule has 0 aliphatic rings. The molecule has 0 amide bonds. The van der Waals surface area contributed by atoms with Crippen LogP contribution in [0.1, 0.15) is 30.5 Å². The molecule has 0 bridgehead atoms. The maximum absolute atomic E-state index is 9.30. The number of nitrogens with zero attached hydrogens (tertiary/aromatic N) is 2. The average molecular weight is 278 g/mol. The van der Waals surface area contributed by atoms with Crippen LogP contribution in [0.25, 0.3) is 0 Å². The van der Waals surface area contributed by atoms with Crippen LogP contribution in [0, 0.1) is 22.7 Å². The molecule has 0 saturated heterocycles. The van der Waals surface area contributed by atoms with Gasteiger partial charge in [-0.3, -0.25) is 0 Å². The van der Waals surface area contributed by atoms with Crippen molar-refractivity contribution in [2.24, 2.45) is 0 Å². The quantitative estimate of drug-likeness (QED) is 0.779. The normalized spacial score (nSPS) is 10.6. The lowest BCUT2D eigenvalue weighted by Crippen LogP contribution is -2.14. The topological polar surface area (TPSA) is 47.6 Å². The molecule has 2 aromatic rings. The second-order valence-corrected chi connectivity index (χ2v) is 6.61. The highest BCUT2D eigenvalue weighted by atomic mass is 32.2. The van der Waals surface area contributed by atoms with E-state index in [0.717, 1.165) is 10.5 Å². The standard InChI is InChI=1S/C17H14N2S/c1-17(2,20-15-6-4-3-5-7-15)16-9-8-13(11-18)10-14(16)12-19/h3-10H,1-2H3. The minimum atomic E-state index is -0.236. The zero-order valence-corrected chi connectivity index (χ0v) is 12.2. The zero-order chi connectivity index (χ0) is 14.6. The lowest BCUT2D eigenvalue weighted by atomic mass is 9.95. The summed E-state index contributed by atoms with van der Waals surface area (Å²) in [4.78, 5) is 1.16. The van der Waals surface area contributed by atoms with Gasteiger partial charge in [0.05, 0.1) is 23.3 Å². The van der Waals surface area contributed by atoms with Crippen LogP contribution in [0.4, 0.5) is 0 Å². The van der Waals surface area contributed by atoms with Crippen molar-refractivity contribution in [2.45, 2.75) is 23.5 Å². The molecule has 98 valence electrons. The van der Waals surface area contributed by atoms with E-state index < -0.39 is 0 Å². The molecule has 0 unspecified atom stereocenters. The third kappa shape index (κ3) is 3.02. The lowest BCUT2D eigenvalue weighted by molar-refractivity contribution is 0.778. The minimum Gasteiger partial charge on any atom is -0.192 e. The Balaban J connectivity index is 2.40. The highest BCUT2D eigenvalue weighted by molar-refractivity contribution is 8.00. The van der Waals surface area contributed by atoms with Crippen LogP contribution in [0.3, 0.4) is 0 Å². The third-order valence-corrected chi connectivity index (χ3v) is 4.27. The van der Waals surface area contributed by atoms with Gasteiger partial charge in [0.25, 0.3) is 0 Å². The maximum atomic E-state index is 9.30. The maximum Gasteiger partial charge on any atom is 0.0995 e. The van der Waals surface area contributed by atoms with Gasteiger partial charge in [0, 0.05) is 9.64 Å². The Hall–Kier alpha value is -2.23. The van der Waals surface area contributed by atoms with Crippen LogP contribution in [0.15, 0.2) is 53.4 Å². The molecule has 0 saturated carbocycles. The molecule has 0 heterocycles. The molecule has 0 N–H and O–H groups in total. The third-order valence-electron chi connectivity index (χ3n) is 3.03. The summed E-state index contributed by atoms with van der Waals surface area (Å²) in [7, 11) is 0. The fourth-order valence-corrected chi connectivity index (χ4v) is 3.24. The number of hydrogen-bond acceptors (Lipinski definition) is 3. The average Bonchev–Trinajstić information content (AvgIpc) is 2.47. The van der Waals surface area contributed by atoms with Crippen LogP contribution in [0.5, 0.6) is 0 Å². The zero-order valence-electron chi connectivity index (χ0n) is 11.4. The molecular formula is C17H14N2S. The molecule has 3 heteroatoms. The molecule has 20 heavy (non-hydrogen) atoms. The smallest absolute Gasteiger partial charge is 0.0995 e. The van der Waals surface area contributed by atoms with E-state index in [9.17, 15) is 5.26 Å². The molecule has 2 nitrogen and oxygen atoms in total. The van der Waals surface area contributed by atoms with Crippen LogP contribution in [0.2, 0.25) is 0 Å². The number of benzene rings is 2. The summed E-state index contributed by atoms with van der Waals surface area (Å²) in [5, 5.41) is 18.2. The molecule has 0 aliphatic heterocycles. The summed E-state index contributed by atoms with van der Waals surface area (Å²) in [6, 6.07) is 19.7. The molecule has 0 atom stereocenters. The van der Waals surface area contributed by atoms with Crippen molar-refractivity contribution in [3.63, 3.8) is 0 Å². The SMILES string of the molecule is CC(C)(Sc1ccccc1)c1ccc(C#N)cc1C#N. The Morgan fingerprint density at radius 3 is 2.25 bits per heavy atom. The molecule has 2 rings (SSSR count). The summed E-state index contributed by atoms with van der Waals surface area (Å²) in [6.45, 7) is 4.18. The Bertz CT molecular complexity index is 691. The lowest BCUT2D eigenvalue weighted by Gasteiger charge is -2.25. The second-order valence-electron chi connectivity index (χ2n) is 4.91. The van der Waals surface area contributed by atoms with Crippen molar-refractivity contribution in [1.82, 2.24) is 0 Å². The first kappa shape index (κ1) is 14.2. The molecule has 0 fully saturated rings. The van der Waals surface area contributed by atoms with Crippen LogP contribution in [-0.4, -0.2) is 0 Å². The van der Waals surface area contributed by atoms with Crippen molar-refractivity contribution in [3.8, 4) is 12.1 Å². The predicted molar refractivity (Wildman–Crippen MR) is 81.2 cm³/mol. The predicted octanol–water partition coefficient (Wildman–Crippen LogP) is 4.46. The van der Waals surface area contributed by atoms with Gasteiger partial charge in [-0.05, 0) is 43.7 Å². The van der Waals surface area contributed by atoms with Crippen molar-refractivity contribution in [3.05, 3.63) is 65.2 Å². The van der Waals surface area contributed by atoms with E-state index >= 15 is 0 Å². The molecule has 0 spiro atoms. The van der Waals surface area contributed by atoms with E-state index in [1.807, 2.05) is 24.3 Å². The van der Waals surface area contributed by atoms with Crippen LogP contribution >= 0.6 is 11.8 Å². The molecule has 2 aromatic carbocycles. The van der Waals surface area contributed by atoms with Crippen LogP contribution in [-0.2, 0) is 4.75 Å². The summed E-state index contributed by atoms with van der Waals surface area (Å²) < 4.78 is -0.236. The largest absolute Gasteiger partial charge is 0.192 e. The number of thioether (sulfide) groups is 1. The first-order valence-electron chi connectivity index (χ1n) is 6.25. The van der Waals surface area contributed by atoms with E-state index in [2.05, 4.69) is 38.1 Å². The van der Waals surface area contributed by atoms with Gasteiger partial charge in [-0.15, -0.1) is 11.8 Å². The summed E-state index contributed by atoms with van der Waals surface area (Å²) >= 11 is 1.71. The van der Waals surface area contributed by atoms with Gasteiger partial charge in [0.15, 0.2) is 0 Å². The van der Waals surface area contributed by atoms with Gasteiger partial charge in [0.1, 0.15) is 0 Å². The number of nitriles is 2. The Labute approximate surface area is 123 Å². The first-order valence-corrected chi connectivity index (χ1v) is 7.07. The van der Waals surface area contributed by atoms with Crippen molar-refractivity contribution < 1.29 is 0 Å². The molecule has 0 aromatic heterocycles. The molecule has 0 radical (unpaired) electrons. The first-order chi connectivity index (χ1) is 9.56. The summed E-state index contributed by atoms with van der Waals surface area (Å²) in [6.07, 6.45) is 0. The Kier molecular flexibility index (Phi) is 4.13. The van der Waals surface area contributed by atoms with E-state index in [1.165, 1.54) is 0 Å². The molecule has 0 aliphatic carbocycles. The monoisotopic (exact) mass is 278 g/mol. The fraction of sp³-hybridized carbons (Fsp3) is 0.176. The van der Waals surface area contributed by atoms with Gasteiger partial charge in [0.2, 0.25) is 0 Å². The highest BCUT2D eigenvalue weighted by Crippen LogP contribution is 2.42. The van der Waals surface area contributed by atoms with E-state index in [1.54, 1.807) is 23.9 Å². The fourth-order valence-electron chi connectivity index (χ4n) is 2.07. The van der Waals surface area contributed by atoms with Crippen molar-refractivity contribution in [2.75, 3.05) is 0 Å². The summed E-state index contributed by atoms with van der Waals surface area (Å²) in [5.74, 6) is 0. The second kappa shape index (κ2) is 5.82. The number of rotatable bonds is 3. The molecular weight excluding hydrogens is 264 g/mol. The van der Waals surface area contributed by atoms with Gasteiger partial charge < -0.3 is 0 Å². The van der Waals surface area contributed by atoms with E-state index in [0.29, 0.717) is 11.1 Å². The summed E-state index contributed by atoms with van der Waals surface area (Å²) in [5.41, 5.74) is 2.04. The Morgan fingerprint density at radius 1 is 0.950 bits per heavy atom. The van der Waals surface area contributed by atoms with Crippen molar-refractivity contribution in [1.29, 1.82) is 10.5 Å². The van der Waals surface area contributed by atoms with E-state index in [4.69, 9.17) is 5.26 Å². The van der Waals surface area contributed by atoms with Gasteiger partial charge in [-0.2, -0.15) is 10.5 Å². The number of hydrogen-bond donors (Lipinski definition) is 0. The van der Waals surface area contributed by atoms with Crippen molar-refractivity contribution >= 4 is 11.8 Å². The minimum absolute atomic E-state index is 0.236.